The van der Waals surface area contributed by atoms with Gasteiger partial charge >= 0.3 is 5.92 Å². The highest BCUT2D eigenvalue weighted by Crippen LogP contribution is 2.32. The number of rotatable bonds is 6. The summed E-state index contributed by atoms with van der Waals surface area (Å²) in [7, 11) is 1.43. The van der Waals surface area contributed by atoms with Gasteiger partial charge < -0.3 is 14.6 Å². The summed E-state index contributed by atoms with van der Waals surface area (Å²) in [5.74, 6) is -2.59. The molecule has 1 N–H and O–H groups in total. The summed E-state index contributed by atoms with van der Waals surface area (Å²) in [6, 6.07) is 12.2. The minimum absolute atomic E-state index is 0.109. The number of hydrogen-bond donors (Lipinski definition) is 1. The Kier molecular flexibility index (Phi) is 4.75. The minimum Gasteiger partial charge on any atom is -0.493 e. The predicted molar refractivity (Wildman–Crippen MR) is 74.7 cm³/mol. The van der Waals surface area contributed by atoms with E-state index in [9.17, 15) is 8.78 Å². The van der Waals surface area contributed by atoms with Gasteiger partial charge in [0.1, 0.15) is 0 Å². The maximum atomic E-state index is 14.0. The molecule has 0 saturated carbocycles. The second-order valence-corrected chi connectivity index (χ2v) is 4.50. The highest BCUT2D eigenvalue weighted by atomic mass is 19.3. The Balaban J connectivity index is 2.15. The van der Waals surface area contributed by atoms with Gasteiger partial charge in [0.15, 0.2) is 18.1 Å². The quantitative estimate of drug-likeness (QED) is 0.888. The van der Waals surface area contributed by atoms with E-state index in [2.05, 4.69) is 0 Å². The molecule has 2 aromatic rings. The Morgan fingerprint density at radius 2 is 1.76 bits per heavy atom. The maximum Gasteiger partial charge on any atom is 0.306 e. The molecule has 0 aromatic heterocycles. The largest absolute Gasteiger partial charge is 0.493 e. The van der Waals surface area contributed by atoms with Crippen LogP contribution in [0.3, 0.4) is 0 Å². The van der Waals surface area contributed by atoms with Crippen molar-refractivity contribution in [3.8, 4) is 11.5 Å². The average molecular weight is 294 g/mol. The first-order chi connectivity index (χ1) is 10.1. The van der Waals surface area contributed by atoms with Gasteiger partial charge in [0.25, 0.3) is 0 Å². The van der Waals surface area contributed by atoms with E-state index < -0.39 is 12.5 Å². The van der Waals surface area contributed by atoms with E-state index in [0.29, 0.717) is 11.3 Å². The first-order valence-corrected chi connectivity index (χ1v) is 6.41. The first kappa shape index (κ1) is 15.3. The Hall–Kier alpha value is -2.14. The molecular formula is C16H16F2O3. The predicted octanol–water partition coefficient (Wildman–Crippen LogP) is 3.36. The van der Waals surface area contributed by atoms with Gasteiger partial charge in [-0.1, -0.05) is 36.4 Å². The summed E-state index contributed by atoms with van der Waals surface area (Å²) in [6.45, 7) is -1.00. The van der Waals surface area contributed by atoms with Crippen LogP contribution in [-0.2, 0) is 12.5 Å². The summed E-state index contributed by atoms with van der Waals surface area (Å²) in [4.78, 5) is 0. The van der Waals surface area contributed by atoms with E-state index >= 15 is 0 Å². The second kappa shape index (κ2) is 6.54. The normalized spacial score (nSPS) is 11.2. The molecule has 0 spiro atoms. The molecule has 2 rings (SSSR count). The number of benzene rings is 2. The van der Waals surface area contributed by atoms with Gasteiger partial charge in [0.2, 0.25) is 0 Å². The highest BCUT2D eigenvalue weighted by Gasteiger charge is 2.32. The fraction of sp³-hybridized carbons (Fsp3) is 0.250. The van der Waals surface area contributed by atoms with Crippen LogP contribution in [0.25, 0.3) is 0 Å². The molecule has 0 aliphatic rings. The van der Waals surface area contributed by atoms with Crippen molar-refractivity contribution in [2.75, 3.05) is 13.7 Å². The van der Waals surface area contributed by atoms with Crippen molar-refractivity contribution in [3.05, 3.63) is 59.7 Å². The molecule has 0 atom stereocenters. The average Bonchev–Trinajstić information content (AvgIpc) is 2.53. The molecule has 0 amide bonds. The molecule has 21 heavy (non-hydrogen) atoms. The number of aliphatic hydroxyl groups is 1. The van der Waals surface area contributed by atoms with Gasteiger partial charge in [-0.15, -0.1) is 0 Å². The van der Waals surface area contributed by atoms with Crippen LogP contribution in [0.1, 0.15) is 11.1 Å². The van der Waals surface area contributed by atoms with Gasteiger partial charge in [-0.3, -0.25) is 0 Å². The molecule has 2 aromatic carbocycles. The van der Waals surface area contributed by atoms with Crippen LogP contribution in [0.15, 0.2) is 48.5 Å². The molecule has 0 bridgehead atoms. The van der Waals surface area contributed by atoms with Crippen LogP contribution >= 0.6 is 0 Å². The van der Waals surface area contributed by atoms with Crippen LogP contribution in [-0.4, -0.2) is 18.8 Å². The lowest BCUT2D eigenvalue weighted by atomic mass is 10.1. The minimum atomic E-state index is -3.11. The Bertz CT molecular complexity index is 585. The van der Waals surface area contributed by atoms with Gasteiger partial charge in [0, 0.05) is 5.56 Å². The highest BCUT2D eigenvalue weighted by molar-refractivity contribution is 5.42. The Morgan fingerprint density at radius 1 is 1.05 bits per heavy atom. The third kappa shape index (κ3) is 3.70. The number of methoxy groups -OCH3 is 1. The van der Waals surface area contributed by atoms with E-state index in [4.69, 9.17) is 14.6 Å². The maximum absolute atomic E-state index is 14.0. The lowest BCUT2D eigenvalue weighted by Crippen LogP contribution is -2.23. The van der Waals surface area contributed by atoms with E-state index in [1.54, 1.807) is 30.3 Å². The Morgan fingerprint density at radius 3 is 2.38 bits per heavy atom. The zero-order valence-corrected chi connectivity index (χ0v) is 11.6. The van der Waals surface area contributed by atoms with Crippen LogP contribution in [0.2, 0.25) is 0 Å². The summed E-state index contributed by atoms with van der Waals surface area (Å²) in [6.07, 6.45) is 0. The van der Waals surface area contributed by atoms with E-state index in [1.165, 1.54) is 25.3 Å². The van der Waals surface area contributed by atoms with Gasteiger partial charge in [-0.2, -0.15) is 8.78 Å². The van der Waals surface area contributed by atoms with Crippen molar-refractivity contribution in [1.29, 1.82) is 0 Å². The summed E-state index contributed by atoms with van der Waals surface area (Å²) < 4.78 is 38.4. The van der Waals surface area contributed by atoms with Crippen LogP contribution < -0.4 is 9.47 Å². The molecule has 0 saturated heterocycles. The van der Waals surface area contributed by atoms with Gasteiger partial charge in [-0.05, 0) is 17.7 Å². The molecule has 3 nitrogen and oxygen atoms in total. The fourth-order valence-corrected chi connectivity index (χ4v) is 1.87. The second-order valence-electron chi connectivity index (χ2n) is 4.50. The third-order valence-electron chi connectivity index (χ3n) is 3.02. The van der Waals surface area contributed by atoms with Crippen molar-refractivity contribution < 1.29 is 23.4 Å². The van der Waals surface area contributed by atoms with Crippen LogP contribution in [0, 0.1) is 0 Å². The van der Waals surface area contributed by atoms with E-state index in [0.717, 1.165) is 0 Å². The zero-order valence-electron chi connectivity index (χ0n) is 11.6. The van der Waals surface area contributed by atoms with Crippen molar-refractivity contribution in [3.63, 3.8) is 0 Å². The summed E-state index contributed by atoms with van der Waals surface area (Å²) in [5.41, 5.74) is 0.455. The molecule has 0 radical (unpaired) electrons. The number of halogens is 2. The number of ether oxygens (including phenoxy) is 2. The van der Waals surface area contributed by atoms with Crippen molar-refractivity contribution in [1.82, 2.24) is 0 Å². The summed E-state index contributed by atoms with van der Waals surface area (Å²) >= 11 is 0. The topological polar surface area (TPSA) is 38.7 Å². The molecule has 112 valence electrons. The van der Waals surface area contributed by atoms with Crippen molar-refractivity contribution in [2.45, 2.75) is 12.5 Å². The van der Waals surface area contributed by atoms with E-state index in [-0.39, 0.29) is 17.9 Å². The molecule has 0 fully saturated rings. The fourth-order valence-electron chi connectivity index (χ4n) is 1.87. The van der Waals surface area contributed by atoms with Crippen molar-refractivity contribution >= 4 is 0 Å². The molecule has 0 unspecified atom stereocenters. The number of hydrogen-bond acceptors (Lipinski definition) is 3. The molecule has 0 aliphatic heterocycles. The summed E-state index contributed by atoms with van der Waals surface area (Å²) in [5, 5.41) is 9.09. The van der Waals surface area contributed by atoms with Gasteiger partial charge in [0.05, 0.1) is 13.7 Å². The monoisotopic (exact) mass is 294 g/mol. The lowest BCUT2D eigenvalue weighted by molar-refractivity contribution is -0.0472. The Labute approximate surface area is 121 Å². The molecule has 0 aliphatic carbocycles. The number of aliphatic hydroxyl groups excluding tert-OH is 1. The smallest absolute Gasteiger partial charge is 0.306 e. The third-order valence-corrected chi connectivity index (χ3v) is 3.02. The first-order valence-electron chi connectivity index (χ1n) is 6.41. The molecule has 5 heteroatoms. The lowest BCUT2D eigenvalue weighted by Gasteiger charge is -2.19. The molecule has 0 heterocycles. The van der Waals surface area contributed by atoms with Crippen LogP contribution in [0.5, 0.6) is 11.5 Å². The van der Waals surface area contributed by atoms with E-state index in [1.807, 2.05) is 0 Å². The zero-order chi connectivity index (χ0) is 15.3. The number of alkyl halides is 2. The molecular weight excluding hydrogens is 278 g/mol. The van der Waals surface area contributed by atoms with Crippen molar-refractivity contribution in [2.24, 2.45) is 0 Å². The van der Waals surface area contributed by atoms with Gasteiger partial charge in [-0.25, -0.2) is 0 Å². The SMILES string of the molecule is COc1ccc(CO)cc1OCC(F)(F)c1ccccc1. The standard InChI is InChI=1S/C16H16F2O3/c1-20-14-8-7-12(10-19)9-15(14)21-11-16(17,18)13-5-3-2-4-6-13/h2-9,19H,10-11H2,1H3. The van der Waals surface area contributed by atoms with Crippen LogP contribution in [0.4, 0.5) is 8.78 Å².